The van der Waals surface area contributed by atoms with Gasteiger partial charge in [-0.05, 0) is 66.5 Å². The van der Waals surface area contributed by atoms with E-state index in [2.05, 4.69) is 21.4 Å². The second-order valence-corrected chi connectivity index (χ2v) is 6.93. The number of anilines is 1. The Morgan fingerprint density at radius 1 is 1.26 bits per heavy atom. The van der Waals surface area contributed by atoms with E-state index < -0.39 is 0 Å². The molecule has 5 heteroatoms. The van der Waals surface area contributed by atoms with Crippen LogP contribution < -0.4 is 5.32 Å². The van der Waals surface area contributed by atoms with Crippen LogP contribution in [0.5, 0.6) is 0 Å². The lowest BCUT2D eigenvalue weighted by Gasteiger charge is -2.17. The number of fused-ring (bicyclic) bond motifs is 1. The average molecular weight is 294 g/mol. The number of thiophene rings is 1. The van der Waals surface area contributed by atoms with E-state index in [1.54, 1.807) is 11.3 Å². The molecule has 0 aliphatic heterocycles. The molecule has 2 fully saturated rings. The fourth-order valence-electron chi connectivity index (χ4n) is 2.95. The van der Waals surface area contributed by atoms with Gasteiger partial charge >= 0.3 is 0 Å². The van der Waals surface area contributed by atoms with Crippen LogP contribution in [-0.2, 0) is 0 Å². The molecule has 0 bridgehead atoms. The minimum Gasteiger partial charge on any atom is -0.369 e. The molecule has 0 saturated heterocycles. The van der Waals surface area contributed by atoms with Gasteiger partial charge in [-0.3, -0.25) is 0 Å². The zero-order valence-electron chi connectivity index (χ0n) is 10.6. The molecule has 19 heavy (non-hydrogen) atoms. The van der Waals surface area contributed by atoms with Crippen molar-refractivity contribution >= 4 is 39.0 Å². The predicted molar refractivity (Wildman–Crippen MR) is 79.9 cm³/mol. The summed E-state index contributed by atoms with van der Waals surface area (Å²) in [5.41, 5.74) is 0. The highest BCUT2D eigenvalue weighted by Crippen LogP contribution is 2.49. The number of nitrogens with one attached hydrogen (secondary N) is 1. The van der Waals surface area contributed by atoms with Crippen molar-refractivity contribution in [2.45, 2.75) is 25.7 Å². The van der Waals surface area contributed by atoms with Gasteiger partial charge in [0, 0.05) is 6.54 Å². The van der Waals surface area contributed by atoms with Crippen LogP contribution in [0.1, 0.15) is 25.7 Å². The first kappa shape index (κ1) is 11.9. The van der Waals surface area contributed by atoms with E-state index in [-0.39, 0.29) is 0 Å². The standard InChI is InChI=1S/C14H16ClN3S/c15-14-17-12(10-5-6-19-13(10)18-14)16-7-11(8-1-2-8)9-3-4-9/h5-6,8-9,11H,1-4,7H2,(H,16,17,18). The number of nitrogens with zero attached hydrogens (tertiary/aromatic N) is 2. The minimum atomic E-state index is 0.340. The quantitative estimate of drug-likeness (QED) is 0.840. The molecule has 2 aliphatic carbocycles. The van der Waals surface area contributed by atoms with Gasteiger partial charge in [0.15, 0.2) is 0 Å². The number of halogens is 1. The molecule has 2 heterocycles. The maximum atomic E-state index is 5.99. The Hall–Kier alpha value is -0.870. The van der Waals surface area contributed by atoms with Crippen molar-refractivity contribution in [3.63, 3.8) is 0 Å². The van der Waals surface area contributed by atoms with Crippen molar-refractivity contribution in [1.82, 2.24) is 9.97 Å². The molecule has 0 aromatic carbocycles. The minimum absolute atomic E-state index is 0.340. The summed E-state index contributed by atoms with van der Waals surface area (Å²) in [6, 6.07) is 2.07. The molecule has 2 aromatic rings. The number of aromatic nitrogens is 2. The van der Waals surface area contributed by atoms with E-state index in [4.69, 9.17) is 11.6 Å². The maximum absolute atomic E-state index is 5.99. The second kappa shape index (κ2) is 4.60. The van der Waals surface area contributed by atoms with E-state index in [1.807, 2.05) is 5.38 Å². The highest BCUT2D eigenvalue weighted by Gasteiger charge is 2.41. The first-order valence-electron chi connectivity index (χ1n) is 6.96. The number of rotatable bonds is 5. The van der Waals surface area contributed by atoms with Crippen molar-refractivity contribution in [2.24, 2.45) is 17.8 Å². The molecular formula is C14H16ClN3S. The Kier molecular flexibility index (Phi) is 2.88. The van der Waals surface area contributed by atoms with Gasteiger partial charge in [0.05, 0.1) is 5.39 Å². The fraction of sp³-hybridized carbons (Fsp3) is 0.571. The van der Waals surface area contributed by atoms with E-state index in [0.29, 0.717) is 5.28 Å². The third-order valence-corrected chi connectivity index (χ3v) is 5.23. The lowest BCUT2D eigenvalue weighted by molar-refractivity contribution is 0.428. The van der Waals surface area contributed by atoms with E-state index in [1.165, 1.54) is 25.7 Å². The van der Waals surface area contributed by atoms with E-state index in [9.17, 15) is 0 Å². The summed E-state index contributed by atoms with van der Waals surface area (Å²) in [4.78, 5) is 9.58. The van der Waals surface area contributed by atoms with Gasteiger partial charge in [0.25, 0.3) is 0 Å². The number of hydrogen-bond acceptors (Lipinski definition) is 4. The summed E-state index contributed by atoms with van der Waals surface area (Å²) in [5, 5.41) is 7.01. The maximum Gasteiger partial charge on any atom is 0.225 e. The van der Waals surface area contributed by atoms with Gasteiger partial charge in [-0.2, -0.15) is 0 Å². The molecule has 0 atom stereocenters. The van der Waals surface area contributed by atoms with Crippen LogP contribution in [-0.4, -0.2) is 16.5 Å². The first-order chi connectivity index (χ1) is 9.31. The average Bonchev–Trinajstić information content (AvgIpc) is 3.30. The van der Waals surface area contributed by atoms with Crippen LogP contribution in [0.4, 0.5) is 5.82 Å². The van der Waals surface area contributed by atoms with Gasteiger partial charge in [0.2, 0.25) is 5.28 Å². The van der Waals surface area contributed by atoms with Crippen molar-refractivity contribution in [1.29, 1.82) is 0 Å². The van der Waals surface area contributed by atoms with Crippen LogP contribution >= 0.6 is 22.9 Å². The molecule has 100 valence electrons. The summed E-state index contributed by atoms with van der Waals surface area (Å²) in [7, 11) is 0. The molecule has 0 spiro atoms. The fourth-order valence-corrected chi connectivity index (χ4v) is 3.93. The zero-order valence-corrected chi connectivity index (χ0v) is 12.2. The van der Waals surface area contributed by atoms with Crippen LogP contribution in [0.15, 0.2) is 11.4 Å². The third kappa shape index (κ3) is 2.43. The van der Waals surface area contributed by atoms with Gasteiger partial charge in [-0.1, -0.05) is 0 Å². The molecule has 0 radical (unpaired) electrons. The zero-order chi connectivity index (χ0) is 12.8. The van der Waals surface area contributed by atoms with Crippen LogP contribution in [0.25, 0.3) is 10.2 Å². The SMILES string of the molecule is Clc1nc(NCC(C2CC2)C2CC2)c2ccsc2n1. The molecule has 0 unspecified atom stereocenters. The molecule has 1 N–H and O–H groups in total. The van der Waals surface area contributed by atoms with Crippen LogP contribution in [0.3, 0.4) is 0 Å². The highest BCUT2D eigenvalue weighted by molar-refractivity contribution is 7.16. The lowest BCUT2D eigenvalue weighted by Crippen LogP contribution is -2.19. The Balaban J connectivity index is 1.55. The van der Waals surface area contributed by atoms with Crippen molar-refractivity contribution in [3.8, 4) is 0 Å². The lowest BCUT2D eigenvalue weighted by atomic mass is 9.98. The van der Waals surface area contributed by atoms with Crippen LogP contribution in [0, 0.1) is 17.8 Å². The van der Waals surface area contributed by atoms with Gasteiger partial charge in [-0.15, -0.1) is 11.3 Å². The normalized spacial score (nSPS) is 19.3. The smallest absolute Gasteiger partial charge is 0.225 e. The first-order valence-corrected chi connectivity index (χ1v) is 8.21. The van der Waals surface area contributed by atoms with Crippen LogP contribution in [0.2, 0.25) is 5.28 Å². The summed E-state index contributed by atoms with van der Waals surface area (Å²) >= 11 is 7.60. The summed E-state index contributed by atoms with van der Waals surface area (Å²) in [5.74, 6) is 3.65. The van der Waals surface area contributed by atoms with Gasteiger partial charge in [0.1, 0.15) is 10.6 Å². The topological polar surface area (TPSA) is 37.8 Å². The highest BCUT2D eigenvalue weighted by atomic mass is 35.5. The molecule has 2 saturated carbocycles. The van der Waals surface area contributed by atoms with E-state index >= 15 is 0 Å². The Morgan fingerprint density at radius 3 is 2.68 bits per heavy atom. The second-order valence-electron chi connectivity index (χ2n) is 5.70. The summed E-state index contributed by atoms with van der Waals surface area (Å²) in [6.45, 7) is 1.04. The van der Waals surface area contributed by atoms with Gasteiger partial charge < -0.3 is 5.32 Å². The van der Waals surface area contributed by atoms with Crippen molar-refractivity contribution < 1.29 is 0 Å². The monoisotopic (exact) mass is 293 g/mol. The Bertz CT molecular complexity index is 592. The Labute approximate surface area is 121 Å². The third-order valence-electron chi connectivity index (χ3n) is 4.26. The molecule has 2 aliphatic rings. The molecule has 0 amide bonds. The summed E-state index contributed by atoms with van der Waals surface area (Å²) in [6.07, 6.45) is 5.67. The molecule has 4 rings (SSSR count). The van der Waals surface area contributed by atoms with Crippen molar-refractivity contribution in [3.05, 3.63) is 16.7 Å². The number of hydrogen-bond donors (Lipinski definition) is 1. The van der Waals surface area contributed by atoms with Crippen molar-refractivity contribution in [2.75, 3.05) is 11.9 Å². The Morgan fingerprint density at radius 2 is 2.00 bits per heavy atom. The molecule has 3 nitrogen and oxygen atoms in total. The molecular weight excluding hydrogens is 278 g/mol. The molecule has 2 aromatic heterocycles. The predicted octanol–water partition coefficient (Wildman–Crippen LogP) is 4.19. The largest absolute Gasteiger partial charge is 0.369 e. The summed E-state index contributed by atoms with van der Waals surface area (Å²) < 4.78 is 0. The van der Waals surface area contributed by atoms with Gasteiger partial charge in [-0.25, -0.2) is 9.97 Å². The van der Waals surface area contributed by atoms with E-state index in [0.717, 1.165) is 40.3 Å².